The van der Waals surface area contributed by atoms with E-state index in [-0.39, 0.29) is 18.0 Å². The Balaban J connectivity index is 1.73. The fraction of sp³-hybridized carbons (Fsp3) is 0.185. The lowest BCUT2D eigenvalue weighted by molar-refractivity contribution is -0.112. The molecular formula is C27H25FN2O4. The largest absolute Gasteiger partial charge is 0.494 e. The van der Waals surface area contributed by atoms with Gasteiger partial charge in [-0.1, -0.05) is 18.2 Å². The first-order valence-corrected chi connectivity index (χ1v) is 10.8. The first-order chi connectivity index (χ1) is 16.5. The standard InChI is InChI=1S/C27H25FN2O4/c1-3-32-24-12-10-23(11-13-24)30-27(31)21(17-29)15-20-7-14-25(26(16-20)33-4-2)34-18-19-5-8-22(28)9-6-19/h5-16H,3-4,18H2,1-2H3,(H,30,31)/b21-15-. The molecule has 1 amide bonds. The zero-order valence-electron chi connectivity index (χ0n) is 19.0. The second-order valence-electron chi connectivity index (χ2n) is 7.14. The summed E-state index contributed by atoms with van der Waals surface area (Å²) < 4.78 is 30.0. The van der Waals surface area contributed by atoms with E-state index in [1.165, 1.54) is 18.2 Å². The van der Waals surface area contributed by atoms with Crippen LogP contribution in [0.1, 0.15) is 25.0 Å². The van der Waals surface area contributed by atoms with E-state index in [1.54, 1.807) is 54.6 Å². The number of nitrogens with zero attached hydrogens (tertiary/aromatic N) is 1. The van der Waals surface area contributed by atoms with Gasteiger partial charge in [-0.2, -0.15) is 5.26 Å². The molecule has 0 aromatic heterocycles. The van der Waals surface area contributed by atoms with Gasteiger partial charge in [0.15, 0.2) is 11.5 Å². The quantitative estimate of drug-likeness (QED) is 0.308. The lowest BCUT2D eigenvalue weighted by Gasteiger charge is -2.13. The number of carbonyl (C=O) groups is 1. The molecule has 0 saturated heterocycles. The number of rotatable bonds is 10. The van der Waals surface area contributed by atoms with Gasteiger partial charge in [0.05, 0.1) is 13.2 Å². The summed E-state index contributed by atoms with van der Waals surface area (Å²) in [5.74, 6) is 0.834. The van der Waals surface area contributed by atoms with Crippen molar-refractivity contribution < 1.29 is 23.4 Å². The van der Waals surface area contributed by atoms with Gasteiger partial charge in [0.25, 0.3) is 5.91 Å². The second kappa shape index (κ2) is 12.1. The summed E-state index contributed by atoms with van der Waals surface area (Å²) in [5, 5.41) is 12.2. The van der Waals surface area contributed by atoms with Gasteiger partial charge in [0.1, 0.15) is 29.8 Å². The molecule has 0 radical (unpaired) electrons. The molecule has 0 aliphatic carbocycles. The Morgan fingerprint density at radius 3 is 2.29 bits per heavy atom. The fourth-order valence-corrected chi connectivity index (χ4v) is 3.06. The molecule has 3 aromatic carbocycles. The van der Waals surface area contributed by atoms with Crippen LogP contribution in [0.5, 0.6) is 17.2 Å². The molecule has 0 spiro atoms. The summed E-state index contributed by atoms with van der Waals surface area (Å²) in [6.45, 7) is 4.93. The Morgan fingerprint density at radius 2 is 1.65 bits per heavy atom. The molecule has 0 unspecified atom stereocenters. The van der Waals surface area contributed by atoms with Crippen molar-refractivity contribution in [2.45, 2.75) is 20.5 Å². The van der Waals surface area contributed by atoms with Gasteiger partial charge in [-0.15, -0.1) is 0 Å². The Bertz CT molecular complexity index is 1180. The third-order valence-electron chi connectivity index (χ3n) is 4.67. The van der Waals surface area contributed by atoms with Crippen molar-refractivity contribution in [3.8, 4) is 23.3 Å². The van der Waals surface area contributed by atoms with Crippen molar-refractivity contribution in [1.82, 2.24) is 0 Å². The van der Waals surface area contributed by atoms with E-state index >= 15 is 0 Å². The van der Waals surface area contributed by atoms with Gasteiger partial charge in [-0.3, -0.25) is 4.79 Å². The Labute approximate surface area is 198 Å². The minimum atomic E-state index is -0.527. The van der Waals surface area contributed by atoms with Crippen molar-refractivity contribution in [3.63, 3.8) is 0 Å². The van der Waals surface area contributed by atoms with Crippen molar-refractivity contribution in [3.05, 3.63) is 89.2 Å². The van der Waals surface area contributed by atoms with Crippen LogP contribution < -0.4 is 19.5 Å². The van der Waals surface area contributed by atoms with Gasteiger partial charge in [-0.05, 0) is 79.6 Å². The number of hydrogen-bond donors (Lipinski definition) is 1. The van der Waals surface area contributed by atoms with E-state index in [1.807, 2.05) is 19.9 Å². The van der Waals surface area contributed by atoms with E-state index < -0.39 is 5.91 Å². The number of amides is 1. The minimum absolute atomic E-state index is 0.0590. The molecule has 1 N–H and O–H groups in total. The average molecular weight is 461 g/mol. The highest BCUT2D eigenvalue weighted by atomic mass is 19.1. The summed E-state index contributed by atoms with van der Waals surface area (Å²) in [6, 6.07) is 20.0. The number of hydrogen-bond acceptors (Lipinski definition) is 5. The average Bonchev–Trinajstić information content (AvgIpc) is 2.84. The van der Waals surface area contributed by atoms with Crippen LogP contribution >= 0.6 is 0 Å². The van der Waals surface area contributed by atoms with E-state index in [9.17, 15) is 14.4 Å². The first kappa shape index (κ1) is 24.3. The summed E-state index contributed by atoms with van der Waals surface area (Å²) in [5.41, 5.74) is 1.91. The summed E-state index contributed by atoms with van der Waals surface area (Å²) in [7, 11) is 0. The van der Waals surface area contributed by atoms with Crippen molar-refractivity contribution in [2.24, 2.45) is 0 Å². The second-order valence-corrected chi connectivity index (χ2v) is 7.14. The highest BCUT2D eigenvalue weighted by Crippen LogP contribution is 2.30. The minimum Gasteiger partial charge on any atom is -0.494 e. The molecule has 0 aliphatic rings. The van der Waals surface area contributed by atoms with Crippen LogP contribution in [0.3, 0.4) is 0 Å². The Morgan fingerprint density at radius 1 is 0.941 bits per heavy atom. The predicted octanol–water partition coefficient (Wildman–Crippen LogP) is 5.75. The van der Waals surface area contributed by atoms with Crippen LogP contribution in [0.15, 0.2) is 72.3 Å². The van der Waals surface area contributed by atoms with Crippen LogP contribution in [0, 0.1) is 17.1 Å². The Kier molecular flexibility index (Phi) is 8.64. The molecule has 34 heavy (non-hydrogen) atoms. The molecule has 6 nitrogen and oxygen atoms in total. The third-order valence-corrected chi connectivity index (χ3v) is 4.67. The molecule has 174 valence electrons. The molecule has 3 rings (SSSR count). The number of carbonyl (C=O) groups excluding carboxylic acids is 1. The highest BCUT2D eigenvalue weighted by molar-refractivity contribution is 6.09. The van der Waals surface area contributed by atoms with Crippen molar-refractivity contribution in [2.75, 3.05) is 18.5 Å². The van der Waals surface area contributed by atoms with Crippen LogP contribution in [0.2, 0.25) is 0 Å². The van der Waals surface area contributed by atoms with Gasteiger partial charge in [-0.25, -0.2) is 4.39 Å². The molecule has 0 aliphatic heterocycles. The normalized spacial score (nSPS) is 10.8. The molecule has 0 atom stereocenters. The van der Waals surface area contributed by atoms with Gasteiger partial charge >= 0.3 is 0 Å². The number of halogens is 1. The van der Waals surface area contributed by atoms with E-state index in [0.717, 1.165) is 5.56 Å². The summed E-state index contributed by atoms with van der Waals surface area (Å²) >= 11 is 0. The maximum absolute atomic E-state index is 13.1. The third kappa shape index (κ3) is 6.84. The maximum atomic E-state index is 13.1. The van der Waals surface area contributed by atoms with E-state index in [2.05, 4.69) is 5.32 Å². The molecule has 0 fully saturated rings. The smallest absolute Gasteiger partial charge is 0.266 e. The lowest BCUT2D eigenvalue weighted by atomic mass is 10.1. The topological polar surface area (TPSA) is 80.6 Å². The zero-order valence-corrected chi connectivity index (χ0v) is 19.0. The van der Waals surface area contributed by atoms with Gasteiger partial charge in [0.2, 0.25) is 0 Å². The monoisotopic (exact) mass is 460 g/mol. The Hall–Kier alpha value is -4.31. The van der Waals surface area contributed by atoms with Crippen molar-refractivity contribution >= 4 is 17.7 Å². The van der Waals surface area contributed by atoms with E-state index in [4.69, 9.17) is 14.2 Å². The van der Waals surface area contributed by atoms with Crippen LogP contribution in [-0.4, -0.2) is 19.1 Å². The summed E-state index contributed by atoms with van der Waals surface area (Å²) in [4.78, 5) is 12.6. The predicted molar refractivity (Wildman–Crippen MR) is 128 cm³/mol. The molecule has 3 aromatic rings. The van der Waals surface area contributed by atoms with Crippen LogP contribution in [0.4, 0.5) is 10.1 Å². The summed E-state index contributed by atoms with van der Waals surface area (Å²) in [6.07, 6.45) is 1.48. The number of anilines is 1. The molecule has 7 heteroatoms. The maximum Gasteiger partial charge on any atom is 0.266 e. The zero-order chi connectivity index (χ0) is 24.3. The van der Waals surface area contributed by atoms with Gasteiger partial charge in [0, 0.05) is 5.69 Å². The van der Waals surface area contributed by atoms with Crippen LogP contribution in [-0.2, 0) is 11.4 Å². The molecule has 0 saturated carbocycles. The van der Waals surface area contributed by atoms with Crippen molar-refractivity contribution in [1.29, 1.82) is 5.26 Å². The van der Waals surface area contributed by atoms with Gasteiger partial charge < -0.3 is 19.5 Å². The number of nitriles is 1. The SMILES string of the molecule is CCOc1ccc(NC(=O)/C(C#N)=C\c2ccc(OCc3ccc(F)cc3)c(OCC)c2)cc1. The van der Waals surface area contributed by atoms with Crippen LogP contribution in [0.25, 0.3) is 6.08 Å². The lowest BCUT2D eigenvalue weighted by Crippen LogP contribution is -2.13. The first-order valence-electron chi connectivity index (χ1n) is 10.8. The van der Waals surface area contributed by atoms with E-state index in [0.29, 0.717) is 41.7 Å². The highest BCUT2D eigenvalue weighted by Gasteiger charge is 2.12. The number of ether oxygens (including phenoxy) is 3. The molecule has 0 heterocycles. The number of benzene rings is 3. The number of nitrogens with one attached hydrogen (secondary N) is 1. The molecule has 0 bridgehead atoms. The fourth-order valence-electron chi connectivity index (χ4n) is 3.06. The molecular weight excluding hydrogens is 435 g/mol.